The molecule has 0 saturated heterocycles. The number of rotatable bonds is 5. The lowest BCUT2D eigenvalue weighted by Gasteiger charge is -2.13. The van der Waals surface area contributed by atoms with Crippen molar-refractivity contribution in [2.75, 3.05) is 0 Å². The SMILES string of the molecule is Cc1[nH]c(C(=O)NC(C)c2ccccn2)c(C)c1C(=O)OC(C)C. The van der Waals surface area contributed by atoms with E-state index in [2.05, 4.69) is 15.3 Å². The number of nitrogens with zero attached hydrogens (tertiary/aromatic N) is 1. The second-order valence-electron chi connectivity index (χ2n) is 6.03. The summed E-state index contributed by atoms with van der Waals surface area (Å²) in [6.45, 7) is 8.93. The summed E-state index contributed by atoms with van der Waals surface area (Å²) in [6, 6.07) is 5.30. The molecule has 24 heavy (non-hydrogen) atoms. The van der Waals surface area contributed by atoms with E-state index in [-0.39, 0.29) is 18.1 Å². The standard InChI is InChI=1S/C18H23N3O3/c1-10(2)24-18(23)15-11(3)16(20-13(15)5)17(22)21-12(4)14-8-6-7-9-19-14/h6-10,12,20H,1-5H3,(H,21,22). The number of carbonyl (C=O) groups is 2. The Balaban J connectivity index is 2.20. The lowest BCUT2D eigenvalue weighted by atomic mass is 10.1. The van der Waals surface area contributed by atoms with Gasteiger partial charge in [0.15, 0.2) is 0 Å². The van der Waals surface area contributed by atoms with E-state index in [9.17, 15) is 9.59 Å². The molecule has 0 radical (unpaired) electrons. The average molecular weight is 329 g/mol. The molecule has 0 aliphatic rings. The van der Waals surface area contributed by atoms with E-state index in [1.54, 1.807) is 33.9 Å². The van der Waals surface area contributed by atoms with Gasteiger partial charge in [0.2, 0.25) is 0 Å². The highest BCUT2D eigenvalue weighted by Gasteiger charge is 2.24. The Bertz CT molecular complexity index is 735. The zero-order chi connectivity index (χ0) is 17.9. The quantitative estimate of drug-likeness (QED) is 0.826. The highest BCUT2D eigenvalue weighted by Crippen LogP contribution is 2.20. The van der Waals surface area contributed by atoms with Crippen molar-refractivity contribution in [2.24, 2.45) is 0 Å². The molecule has 0 aromatic carbocycles. The molecule has 2 heterocycles. The van der Waals surface area contributed by atoms with Gasteiger partial charge in [-0.05, 0) is 52.3 Å². The van der Waals surface area contributed by atoms with Gasteiger partial charge in [-0.25, -0.2) is 4.79 Å². The van der Waals surface area contributed by atoms with Gasteiger partial charge < -0.3 is 15.0 Å². The lowest BCUT2D eigenvalue weighted by molar-refractivity contribution is 0.0376. The summed E-state index contributed by atoms with van der Waals surface area (Å²) in [5.41, 5.74) is 2.76. The number of aromatic nitrogens is 2. The molecule has 0 aliphatic heterocycles. The Morgan fingerprint density at radius 2 is 1.92 bits per heavy atom. The third kappa shape index (κ3) is 3.82. The maximum atomic E-state index is 12.5. The molecule has 128 valence electrons. The highest BCUT2D eigenvalue weighted by atomic mass is 16.5. The van der Waals surface area contributed by atoms with E-state index in [0.717, 1.165) is 5.69 Å². The Kier molecular flexibility index (Phi) is 5.39. The van der Waals surface area contributed by atoms with Crippen LogP contribution in [0.4, 0.5) is 0 Å². The predicted octanol–water partition coefficient (Wildman–Crippen LogP) is 3.08. The van der Waals surface area contributed by atoms with Crippen LogP contribution >= 0.6 is 0 Å². The van der Waals surface area contributed by atoms with Crippen molar-refractivity contribution in [2.45, 2.75) is 46.8 Å². The molecular weight excluding hydrogens is 306 g/mol. The number of aromatic amines is 1. The van der Waals surface area contributed by atoms with Gasteiger partial charge in [0.1, 0.15) is 5.69 Å². The van der Waals surface area contributed by atoms with Gasteiger partial charge >= 0.3 is 5.97 Å². The smallest absolute Gasteiger partial charge is 0.340 e. The third-order valence-corrected chi connectivity index (χ3v) is 3.69. The largest absolute Gasteiger partial charge is 0.459 e. The first-order chi connectivity index (χ1) is 11.3. The maximum Gasteiger partial charge on any atom is 0.340 e. The summed E-state index contributed by atoms with van der Waals surface area (Å²) in [7, 11) is 0. The molecular formula is C18H23N3O3. The highest BCUT2D eigenvalue weighted by molar-refractivity contribution is 6.00. The molecule has 1 unspecified atom stereocenters. The first-order valence-electron chi connectivity index (χ1n) is 7.93. The minimum Gasteiger partial charge on any atom is -0.459 e. The molecule has 0 saturated carbocycles. The number of H-pyrrole nitrogens is 1. The van der Waals surface area contributed by atoms with Crippen LogP contribution in [0.15, 0.2) is 24.4 Å². The molecule has 0 fully saturated rings. The van der Waals surface area contributed by atoms with Crippen molar-refractivity contribution < 1.29 is 14.3 Å². The van der Waals surface area contributed by atoms with Crippen LogP contribution in [0.5, 0.6) is 0 Å². The second kappa shape index (κ2) is 7.29. The van der Waals surface area contributed by atoms with E-state index in [4.69, 9.17) is 4.74 Å². The zero-order valence-electron chi connectivity index (χ0n) is 14.6. The van der Waals surface area contributed by atoms with E-state index in [1.807, 2.05) is 25.1 Å². The lowest BCUT2D eigenvalue weighted by Crippen LogP contribution is -2.28. The molecule has 2 aromatic rings. The Morgan fingerprint density at radius 1 is 1.21 bits per heavy atom. The normalized spacial score (nSPS) is 12.1. The summed E-state index contributed by atoms with van der Waals surface area (Å²) >= 11 is 0. The number of hydrogen-bond donors (Lipinski definition) is 2. The molecule has 2 aromatic heterocycles. The number of carbonyl (C=O) groups excluding carboxylic acids is 2. The van der Waals surface area contributed by atoms with Gasteiger partial charge in [0, 0.05) is 11.9 Å². The third-order valence-electron chi connectivity index (χ3n) is 3.69. The first-order valence-corrected chi connectivity index (χ1v) is 7.93. The summed E-state index contributed by atoms with van der Waals surface area (Å²) in [5, 5.41) is 2.89. The van der Waals surface area contributed by atoms with Crippen molar-refractivity contribution >= 4 is 11.9 Å². The molecule has 6 nitrogen and oxygen atoms in total. The van der Waals surface area contributed by atoms with Crippen molar-refractivity contribution in [3.05, 3.63) is 52.6 Å². The summed E-state index contributed by atoms with van der Waals surface area (Å²) < 4.78 is 5.24. The van der Waals surface area contributed by atoms with Crippen LogP contribution in [-0.2, 0) is 4.74 Å². The van der Waals surface area contributed by atoms with Crippen molar-refractivity contribution in [3.8, 4) is 0 Å². The summed E-state index contributed by atoms with van der Waals surface area (Å²) in [6.07, 6.45) is 1.47. The predicted molar refractivity (Wildman–Crippen MR) is 90.9 cm³/mol. The molecule has 6 heteroatoms. The minimum absolute atomic E-state index is 0.215. The zero-order valence-corrected chi connectivity index (χ0v) is 14.6. The van der Waals surface area contributed by atoms with Gasteiger partial charge in [-0.3, -0.25) is 9.78 Å². The molecule has 1 atom stereocenters. The van der Waals surface area contributed by atoms with E-state index in [0.29, 0.717) is 22.5 Å². The minimum atomic E-state index is -0.423. The molecule has 2 rings (SSSR count). The number of ether oxygens (including phenoxy) is 1. The molecule has 0 aliphatic carbocycles. The molecule has 0 spiro atoms. The van der Waals surface area contributed by atoms with Crippen LogP contribution in [-0.4, -0.2) is 27.9 Å². The fraction of sp³-hybridized carbons (Fsp3) is 0.389. The number of nitrogens with one attached hydrogen (secondary N) is 2. The fourth-order valence-electron chi connectivity index (χ4n) is 2.53. The average Bonchev–Trinajstić information content (AvgIpc) is 2.82. The topological polar surface area (TPSA) is 84.1 Å². The summed E-state index contributed by atoms with van der Waals surface area (Å²) in [5.74, 6) is -0.703. The monoisotopic (exact) mass is 329 g/mol. The maximum absolute atomic E-state index is 12.5. The van der Waals surface area contributed by atoms with E-state index in [1.165, 1.54) is 0 Å². The van der Waals surface area contributed by atoms with E-state index >= 15 is 0 Å². The van der Waals surface area contributed by atoms with Crippen LogP contribution in [0, 0.1) is 13.8 Å². The molecule has 1 amide bonds. The number of aryl methyl sites for hydroxylation is 1. The van der Waals surface area contributed by atoms with Crippen LogP contribution < -0.4 is 5.32 Å². The number of esters is 1. The number of amides is 1. The van der Waals surface area contributed by atoms with E-state index < -0.39 is 5.97 Å². The van der Waals surface area contributed by atoms with Crippen LogP contribution in [0.3, 0.4) is 0 Å². The van der Waals surface area contributed by atoms with Gasteiger partial charge in [-0.15, -0.1) is 0 Å². The van der Waals surface area contributed by atoms with Crippen LogP contribution in [0.1, 0.15) is 64.6 Å². The number of pyridine rings is 1. The van der Waals surface area contributed by atoms with Gasteiger partial charge in [0.25, 0.3) is 5.91 Å². The Hall–Kier alpha value is -2.63. The number of hydrogen-bond acceptors (Lipinski definition) is 4. The molecule has 0 bridgehead atoms. The second-order valence-corrected chi connectivity index (χ2v) is 6.03. The Labute approximate surface area is 141 Å². The Morgan fingerprint density at radius 3 is 2.50 bits per heavy atom. The fourth-order valence-corrected chi connectivity index (χ4v) is 2.53. The van der Waals surface area contributed by atoms with Crippen molar-refractivity contribution in [1.29, 1.82) is 0 Å². The van der Waals surface area contributed by atoms with Crippen LogP contribution in [0.25, 0.3) is 0 Å². The van der Waals surface area contributed by atoms with Gasteiger partial charge in [0.05, 0.1) is 23.4 Å². The summed E-state index contributed by atoms with van der Waals surface area (Å²) in [4.78, 5) is 32.0. The van der Waals surface area contributed by atoms with Gasteiger partial charge in [-0.2, -0.15) is 0 Å². The van der Waals surface area contributed by atoms with Crippen LogP contribution in [0.2, 0.25) is 0 Å². The van der Waals surface area contributed by atoms with Crippen molar-refractivity contribution in [3.63, 3.8) is 0 Å². The molecule has 2 N–H and O–H groups in total. The first kappa shape index (κ1) is 17.7. The van der Waals surface area contributed by atoms with Gasteiger partial charge in [-0.1, -0.05) is 6.07 Å². The van der Waals surface area contributed by atoms with Crippen molar-refractivity contribution in [1.82, 2.24) is 15.3 Å².